The van der Waals surface area contributed by atoms with E-state index in [0.717, 1.165) is 35.6 Å². The van der Waals surface area contributed by atoms with E-state index in [1.807, 2.05) is 30.3 Å². The number of aromatic hydroxyl groups is 1. The zero-order valence-corrected chi connectivity index (χ0v) is 10.9. The quantitative estimate of drug-likeness (QED) is 0.789. The van der Waals surface area contributed by atoms with Crippen molar-refractivity contribution in [1.82, 2.24) is 5.32 Å². The average Bonchev–Trinajstić information content (AvgIpc) is 2.39. The van der Waals surface area contributed by atoms with Crippen LogP contribution in [0.1, 0.15) is 24.8 Å². The highest BCUT2D eigenvalue weighted by Crippen LogP contribution is 2.31. The van der Waals surface area contributed by atoms with Gasteiger partial charge in [0.25, 0.3) is 0 Å². The number of hydrogen-bond donors (Lipinski definition) is 3. The molecule has 0 spiro atoms. The molecular formula is C16H19NO2. The van der Waals surface area contributed by atoms with Crippen molar-refractivity contribution in [2.24, 2.45) is 0 Å². The lowest BCUT2D eigenvalue weighted by molar-refractivity contribution is -0.0314. The minimum atomic E-state index is -0.528. The number of benzene rings is 2. The van der Waals surface area contributed by atoms with E-state index in [4.69, 9.17) is 0 Å². The van der Waals surface area contributed by atoms with E-state index in [-0.39, 0.29) is 0 Å². The molecule has 0 aromatic heterocycles. The lowest BCUT2D eigenvalue weighted by Gasteiger charge is -2.36. The van der Waals surface area contributed by atoms with E-state index < -0.39 is 5.60 Å². The summed E-state index contributed by atoms with van der Waals surface area (Å²) < 4.78 is 0. The monoisotopic (exact) mass is 257 g/mol. The predicted octanol–water partition coefficient (Wildman–Crippen LogP) is 2.55. The van der Waals surface area contributed by atoms with Gasteiger partial charge in [-0.1, -0.05) is 30.3 Å². The summed E-state index contributed by atoms with van der Waals surface area (Å²) in [5.74, 6) is 0.312. The molecule has 3 nitrogen and oxygen atoms in total. The van der Waals surface area contributed by atoms with Gasteiger partial charge in [0.1, 0.15) is 5.75 Å². The summed E-state index contributed by atoms with van der Waals surface area (Å²) in [6, 6.07) is 11.7. The fourth-order valence-corrected chi connectivity index (χ4v) is 2.69. The van der Waals surface area contributed by atoms with Gasteiger partial charge >= 0.3 is 0 Å². The lowest BCUT2D eigenvalue weighted by atomic mass is 9.80. The third-order valence-electron chi connectivity index (χ3n) is 4.06. The van der Waals surface area contributed by atoms with Crippen LogP contribution < -0.4 is 5.32 Å². The molecule has 3 rings (SSSR count). The Morgan fingerprint density at radius 3 is 2.63 bits per heavy atom. The first-order valence-corrected chi connectivity index (χ1v) is 6.81. The molecule has 19 heavy (non-hydrogen) atoms. The highest BCUT2D eigenvalue weighted by Gasteiger charge is 2.33. The van der Waals surface area contributed by atoms with E-state index in [1.165, 1.54) is 0 Å². The molecule has 100 valence electrons. The van der Waals surface area contributed by atoms with Gasteiger partial charge in [-0.25, -0.2) is 0 Å². The minimum absolute atomic E-state index is 0.312. The van der Waals surface area contributed by atoms with Crippen molar-refractivity contribution in [3.63, 3.8) is 0 Å². The summed E-state index contributed by atoms with van der Waals surface area (Å²) in [6.07, 6.45) is 2.86. The van der Waals surface area contributed by atoms with E-state index in [0.29, 0.717) is 18.8 Å². The van der Waals surface area contributed by atoms with Crippen LogP contribution in [0.5, 0.6) is 5.75 Å². The van der Waals surface area contributed by atoms with Crippen molar-refractivity contribution in [2.45, 2.75) is 31.4 Å². The maximum absolute atomic E-state index is 10.0. The second-order valence-corrected chi connectivity index (χ2v) is 5.47. The molecular weight excluding hydrogens is 238 g/mol. The van der Waals surface area contributed by atoms with Crippen molar-refractivity contribution < 1.29 is 10.2 Å². The number of fused-ring (bicyclic) bond motifs is 1. The third-order valence-corrected chi connectivity index (χ3v) is 4.06. The molecule has 2 aromatic carbocycles. The largest absolute Gasteiger partial charge is 0.508 e. The Labute approximate surface area is 112 Å². The molecule has 2 aromatic rings. The Balaban J connectivity index is 1.78. The van der Waals surface area contributed by atoms with E-state index in [1.54, 1.807) is 6.07 Å². The molecule has 0 bridgehead atoms. The minimum Gasteiger partial charge on any atom is -0.508 e. The molecule has 1 saturated carbocycles. The topological polar surface area (TPSA) is 52.5 Å². The maximum Gasteiger partial charge on any atom is 0.120 e. The van der Waals surface area contributed by atoms with Crippen LogP contribution in [0.4, 0.5) is 0 Å². The van der Waals surface area contributed by atoms with Crippen molar-refractivity contribution in [1.29, 1.82) is 0 Å². The Morgan fingerprint density at radius 2 is 1.89 bits per heavy atom. The zero-order valence-electron chi connectivity index (χ0n) is 10.9. The van der Waals surface area contributed by atoms with Crippen LogP contribution in [-0.2, 0) is 6.54 Å². The van der Waals surface area contributed by atoms with Gasteiger partial charge in [0, 0.05) is 18.7 Å². The normalized spacial score (nSPS) is 17.3. The third kappa shape index (κ3) is 2.44. The number of hydrogen-bond acceptors (Lipinski definition) is 3. The molecule has 0 heterocycles. The number of aliphatic hydroxyl groups is 1. The van der Waals surface area contributed by atoms with Crippen LogP contribution >= 0.6 is 0 Å². The van der Waals surface area contributed by atoms with Crippen LogP contribution in [0, 0.1) is 0 Å². The molecule has 1 aliphatic carbocycles. The van der Waals surface area contributed by atoms with Gasteiger partial charge < -0.3 is 15.5 Å². The van der Waals surface area contributed by atoms with Gasteiger partial charge in [0.05, 0.1) is 5.60 Å². The van der Waals surface area contributed by atoms with Crippen LogP contribution in [0.25, 0.3) is 10.8 Å². The van der Waals surface area contributed by atoms with Crippen LogP contribution in [0.15, 0.2) is 36.4 Å². The first kappa shape index (κ1) is 12.5. The smallest absolute Gasteiger partial charge is 0.120 e. The van der Waals surface area contributed by atoms with Crippen molar-refractivity contribution in [2.75, 3.05) is 6.54 Å². The molecule has 0 aliphatic heterocycles. The van der Waals surface area contributed by atoms with Gasteiger partial charge in [0.15, 0.2) is 0 Å². The molecule has 0 atom stereocenters. The Hall–Kier alpha value is -1.58. The summed E-state index contributed by atoms with van der Waals surface area (Å²) in [5, 5.41) is 25.5. The maximum atomic E-state index is 10.0. The molecule has 3 heteroatoms. The second kappa shape index (κ2) is 4.83. The highest BCUT2D eigenvalue weighted by molar-refractivity contribution is 5.87. The number of phenols is 1. The summed E-state index contributed by atoms with van der Waals surface area (Å²) in [5.41, 5.74) is 0.376. The highest BCUT2D eigenvalue weighted by atomic mass is 16.3. The van der Waals surface area contributed by atoms with Crippen molar-refractivity contribution >= 4 is 10.8 Å². The second-order valence-electron chi connectivity index (χ2n) is 5.47. The molecule has 1 fully saturated rings. The van der Waals surface area contributed by atoms with Gasteiger partial charge in [-0.15, -0.1) is 0 Å². The van der Waals surface area contributed by atoms with E-state index >= 15 is 0 Å². The van der Waals surface area contributed by atoms with Gasteiger partial charge in [-0.05, 0) is 36.1 Å². The molecule has 0 unspecified atom stereocenters. The summed E-state index contributed by atoms with van der Waals surface area (Å²) in [7, 11) is 0. The van der Waals surface area contributed by atoms with Crippen LogP contribution in [0.2, 0.25) is 0 Å². The summed E-state index contributed by atoms with van der Waals surface area (Å²) in [6.45, 7) is 1.17. The first-order chi connectivity index (χ1) is 9.18. The summed E-state index contributed by atoms with van der Waals surface area (Å²) >= 11 is 0. The summed E-state index contributed by atoms with van der Waals surface area (Å²) in [4.78, 5) is 0. The SMILES string of the molecule is Oc1ccc2ccccc2c1CNCC1(O)CCC1. The zero-order chi connectivity index (χ0) is 13.3. The van der Waals surface area contributed by atoms with Gasteiger partial charge in [-0.2, -0.15) is 0 Å². The molecule has 0 amide bonds. The first-order valence-electron chi connectivity index (χ1n) is 6.81. The fraction of sp³-hybridized carbons (Fsp3) is 0.375. The molecule has 0 saturated heterocycles. The van der Waals surface area contributed by atoms with Crippen molar-refractivity contribution in [3.05, 3.63) is 42.0 Å². The number of nitrogens with one attached hydrogen (secondary N) is 1. The Bertz CT molecular complexity index is 590. The fourth-order valence-electron chi connectivity index (χ4n) is 2.69. The average molecular weight is 257 g/mol. The Kier molecular flexibility index (Phi) is 3.17. The standard InChI is InChI=1S/C16H19NO2/c18-15-7-6-12-4-1-2-5-13(12)14(15)10-17-11-16(19)8-3-9-16/h1-2,4-7,17-19H,3,8-11H2. The Morgan fingerprint density at radius 1 is 1.11 bits per heavy atom. The van der Waals surface area contributed by atoms with Crippen LogP contribution in [0.3, 0.4) is 0 Å². The van der Waals surface area contributed by atoms with Crippen molar-refractivity contribution in [3.8, 4) is 5.75 Å². The molecule has 3 N–H and O–H groups in total. The predicted molar refractivity (Wildman–Crippen MR) is 76.1 cm³/mol. The number of phenolic OH excluding ortho intramolecular Hbond substituents is 1. The van der Waals surface area contributed by atoms with Gasteiger partial charge in [0.2, 0.25) is 0 Å². The molecule has 1 aliphatic rings. The van der Waals surface area contributed by atoms with E-state index in [9.17, 15) is 10.2 Å². The number of rotatable bonds is 4. The van der Waals surface area contributed by atoms with Crippen LogP contribution in [-0.4, -0.2) is 22.4 Å². The van der Waals surface area contributed by atoms with E-state index in [2.05, 4.69) is 5.32 Å². The molecule has 0 radical (unpaired) electrons. The lowest BCUT2D eigenvalue weighted by Crippen LogP contribution is -2.45. The van der Waals surface area contributed by atoms with Gasteiger partial charge in [-0.3, -0.25) is 0 Å².